The van der Waals surface area contributed by atoms with E-state index in [0.717, 1.165) is 25.4 Å². The van der Waals surface area contributed by atoms with E-state index in [0.29, 0.717) is 5.56 Å². The molecule has 3 aromatic rings. The fourth-order valence-electron chi connectivity index (χ4n) is 2.49. The van der Waals surface area contributed by atoms with Crippen LogP contribution in [0.15, 0.2) is 51.5 Å². The number of rotatable bonds is 2. The molecule has 2 aromatic carbocycles. The Bertz CT molecular complexity index is 865. The van der Waals surface area contributed by atoms with Crippen molar-refractivity contribution < 1.29 is 4.79 Å². The molecule has 0 amide bonds. The molecule has 0 bridgehead atoms. The third-order valence-corrected chi connectivity index (χ3v) is 4.75. The molecule has 0 N–H and O–H groups in total. The van der Waals surface area contributed by atoms with Gasteiger partial charge in [-0.05, 0) is 36.8 Å². The molecule has 0 unspecified atom stereocenters. The molecular weight excluding hydrogens is 394 g/mol. The Morgan fingerprint density at radius 3 is 2.57 bits per heavy atom. The van der Waals surface area contributed by atoms with E-state index in [1.54, 1.807) is 0 Å². The first kappa shape index (κ1) is 14.5. The molecule has 0 saturated heterocycles. The lowest BCUT2D eigenvalue weighted by Crippen LogP contribution is -2.01. The van der Waals surface area contributed by atoms with Crippen molar-refractivity contribution in [2.75, 3.05) is 0 Å². The summed E-state index contributed by atoms with van der Waals surface area (Å²) < 4.78 is 3.70. The van der Waals surface area contributed by atoms with Crippen LogP contribution in [0.25, 0.3) is 10.9 Å². The van der Waals surface area contributed by atoms with E-state index >= 15 is 0 Å². The fraction of sp³-hybridized carbons (Fsp3) is 0.118. The summed E-state index contributed by atoms with van der Waals surface area (Å²) in [4.78, 5) is 12.9. The topological polar surface area (TPSA) is 22.0 Å². The van der Waals surface area contributed by atoms with Crippen molar-refractivity contribution in [1.82, 2.24) is 4.57 Å². The third kappa shape index (κ3) is 2.58. The Kier molecular flexibility index (Phi) is 3.76. The van der Waals surface area contributed by atoms with Gasteiger partial charge in [-0.15, -0.1) is 0 Å². The molecular formula is C17H13Br2NO. The van der Waals surface area contributed by atoms with Crippen LogP contribution in [0.2, 0.25) is 0 Å². The van der Waals surface area contributed by atoms with E-state index in [-0.39, 0.29) is 5.78 Å². The van der Waals surface area contributed by atoms with Gasteiger partial charge in [0.1, 0.15) is 0 Å². The van der Waals surface area contributed by atoms with Gasteiger partial charge >= 0.3 is 0 Å². The van der Waals surface area contributed by atoms with Crippen LogP contribution in [0, 0.1) is 6.92 Å². The first-order chi connectivity index (χ1) is 9.97. The van der Waals surface area contributed by atoms with Gasteiger partial charge < -0.3 is 4.57 Å². The molecule has 1 heterocycles. The lowest BCUT2D eigenvalue weighted by atomic mass is 10.0. The SMILES string of the molecule is Cc1ccc2c(C(=O)c3cc(Br)ccc3Br)cn(C)c2c1. The maximum Gasteiger partial charge on any atom is 0.196 e. The van der Waals surface area contributed by atoms with E-state index in [4.69, 9.17) is 0 Å². The Hall–Kier alpha value is -1.39. The molecule has 0 fully saturated rings. The number of benzene rings is 2. The summed E-state index contributed by atoms with van der Waals surface area (Å²) in [5, 5.41) is 0.986. The maximum absolute atomic E-state index is 12.9. The van der Waals surface area contributed by atoms with E-state index < -0.39 is 0 Å². The summed E-state index contributed by atoms with van der Waals surface area (Å²) in [7, 11) is 1.97. The number of carbonyl (C=O) groups is 1. The van der Waals surface area contributed by atoms with Gasteiger partial charge in [0.2, 0.25) is 0 Å². The number of fused-ring (bicyclic) bond motifs is 1. The van der Waals surface area contributed by atoms with Crippen molar-refractivity contribution in [1.29, 1.82) is 0 Å². The molecule has 106 valence electrons. The summed E-state index contributed by atoms with van der Waals surface area (Å²) in [6.07, 6.45) is 1.90. The molecule has 0 aliphatic rings. The van der Waals surface area contributed by atoms with Gasteiger partial charge in [-0.3, -0.25) is 4.79 Å². The molecule has 3 rings (SSSR count). The Balaban J connectivity index is 2.21. The minimum Gasteiger partial charge on any atom is -0.350 e. The number of aryl methyl sites for hydroxylation is 2. The van der Waals surface area contributed by atoms with Gasteiger partial charge in [-0.25, -0.2) is 0 Å². The number of hydrogen-bond donors (Lipinski definition) is 0. The van der Waals surface area contributed by atoms with Crippen LogP contribution in [-0.4, -0.2) is 10.4 Å². The van der Waals surface area contributed by atoms with Crippen molar-refractivity contribution in [3.63, 3.8) is 0 Å². The van der Waals surface area contributed by atoms with Gasteiger partial charge in [0.15, 0.2) is 5.78 Å². The molecule has 4 heteroatoms. The molecule has 0 atom stereocenters. The zero-order valence-electron chi connectivity index (χ0n) is 11.7. The minimum absolute atomic E-state index is 0.0256. The number of ketones is 1. The second kappa shape index (κ2) is 5.43. The molecule has 0 aliphatic heterocycles. The van der Waals surface area contributed by atoms with Crippen LogP contribution in [0.3, 0.4) is 0 Å². The first-order valence-electron chi connectivity index (χ1n) is 6.53. The molecule has 1 aromatic heterocycles. The van der Waals surface area contributed by atoms with Crippen LogP contribution in [0.1, 0.15) is 21.5 Å². The average Bonchev–Trinajstić information content (AvgIpc) is 2.78. The van der Waals surface area contributed by atoms with Crippen LogP contribution in [0.5, 0.6) is 0 Å². The molecule has 21 heavy (non-hydrogen) atoms. The second-order valence-electron chi connectivity index (χ2n) is 5.13. The third-order valence-electron chi connectivity index (χ3n) is 3.56. The predicted molar refractivity (Wildman–Crippen MR) is 92.9 cm³/mol. The van der Waals surface area contributed by atoms with Crippen LogP contribution in [0.4, 0.5) is 0 Å². The standard InChI is InChI=1S/C17H13Br2NO/c1-10-3-5-12-14(9-20(2)16(12)7-10)17(21)13-8-11(18)4-6-15(13)19/h3-9H,1-2H3. The van der Waals surface area contributed by atoms with E-state index in [1.165, 1.54) is 5.56 Å². The predicted octanol–water partition coefficient (Wildman–Crippen LogP) is 5.24. The van der Waals surface area contributed by atoms with Crippen molar-refractivity contribution >= 4 is 48.5 Å². The van der Waals surface area contributed by atoms with Gasteiger partial charge in [-0.2, -0.15) is 0 Å². The zero-order valence-corrected chi connectivity index (χ0v) is 14.8. The smallest absolute Gasteiger partial charge is 0.196 e. The van der Waals surface area contributed by atoms with Gasteiger partial charge in [0.05, 0.1) is 0 Å². The van der Waals surface area contributed by atoms with E-state index in [9.17, 15) is 4.79 Å². The number of carbonyl (C=O) groups excluding carboxylic acids is 1. The molecule has 0 saturated carbocycles. The molecule has 0 radical (unpaired) electrons. The van der Waals surface area contributed by atoms with Gasteiger partial charge in [-0.1, -0.05) is 44.0 Å². The lowest BCUT2D eigenvalue weighted by molar-refractivity contribution is 0.103. The molecule has 0 spiro atoms. The number of halogens is 2. The van der Waals surface area contributed by atoms with Crippen LogP contribution >= 0.6 is 31.9 Å². The zero-order chi connectivity index (χ0) is 15.1. The lowest BCUT2D eigenvalue weighted by Gasteiger charge is -2.04. The van der Waals surface area contributed by atoms with Crippen LogP contribution in [-0.2, 0) is 7.05 Å². The van der Waals surface area contributed by atoms with Crippen molar-refractivity contribution in [2.45, 2.75) is 6.92 Å². The highest BCUT2D eigenvalue weighted by Crippen LogP contribution is 2.28. The minimum atomic E-state index is 0.0256. The quantitative estimate of drug-likeness (QED) is 0.533. The molecule has 2 nitrogen and oxygen atoms in total. The number of nitrogens with zero attached hydrogens (tertiary/aromatic N) is 1. The van der Waals surface area contributed by atoms with Crippen molar-refractivity contribution in [3.8, 4) is 0 Å². The summed E-state index contributed by atoms with van der Waals surface area (Å²) >= 11 is 6.89. The Labute approximate surface area is 140 Å². The Morgan fingerprint density at radius 2 is 1.81 bits per heavy atom. The maximum atomic E-state index is 12.9. The normalized spacial score (nSPS) is 11.0. The number of hydrogen-bond acceptors (Lipinski definition) is 1. The first-order valence-corrected chi connectivity index (χ1v) is 8.11. The summed E-state index contributed by atoms with van der Waals surface area (Å²) in [5.74, 6) is 0.0256. The summed E-state index contributed by atoms with van der Waals surface area (Å²) in [6.45, 7) is 2.05. The van der Waals surface area contributed by atoms with Crippen LogP contribution < -0.4 is 0 Å². The van der Waals surface area contributed by atoms with Crippen molar-refractivity contribution in [2.24, 2.45) is 7.05 Å². The van der Waals surface area contributed by atoms with Crippen molar-refractivity contribution in [3.05, 3.63) is 68.2 Å². The highest BCUT2D eigenvalue weighted by atomic mass is 79.9. The van der Waals surface area contributed by atoms with Gasteiger partial charge in [0.25, 0.3) is 0 Å². The second-order valence-corrected chi connectivity index (χ2v) is 6.90. The van der Waals surface area contributed by atoms with E-state index in [2.05, 4.69) is 44.8 Å². The van der Waals surface area contributed by atoms with Gasteiger partial charge in [0, 0.05) is 44.2 Å². The highest BCUT2D eigenvalue weighted by Gasteiger charge is 2.18. The highest BCUT2D eigenvalue weighted by molar-refractivity contribution is 9.11. The largest absolute Gasteiger partial charge is 0.350 e. The Morgan fingerprint density at radius 1 is 1.05 bits per heavy atom. The monoisotopic (exact) mass is 405 g/mol. The fourth-order valence-corrected chi connectivity index (χ4v) is 3.28. The number of aromatic nitrogens is 1. The summed E-state index contributed by atoms with van der Waals surface area (Å²) in [5.41, 5.74) is 3.65. The molecule has 0 aliphatic carbocycles. The summed E-state index contributed by atoms with van der Waals surface area (Å²) in [6, 6.07) is 11.8. The van der Waals surface area contributed by atoms with E-state index in [1.807, 2.05) is 48.1 Å². The average molecular weight is 407 g/mol.